The molecule has 0 unspecified atom stereocenters. The number of rotatable bonds is 2. The molecule has 0 radical (unpaired) electrons. The van der Waals surface area contributed by atoms with E-state index in [4.69, 9.17) is 10.5 Å². The first-order chi connectivity index (χ1) is 6.48. The Bertz CT molecular complexity index is 208. The Balaban J connectivity index is 2.47. The van der Waals surface area contributed by atoms with Gasteiger partial charge in [-0.2, -0.15) is 0 Å². The van der Waals surface area contributed by atoms with Crippen molar-refractivity contribution >= 4 is 5.91 Å². The predicted octanol–water partition coefficient (Wildman–Crippen LogP) is 0.361. The molecular formula is C10H20N2O2. The lowest BCUT2D eigenvalue weighted by molar-refractivity contribution is -0.137. The van der Waals surface area contributed by atoms with Crippen molar-refractivity contribution in [3.63, 3.8) is 0 Å². The van der Waals surface area contributed by atoms with E-state index < -0.39 is 0 Å². The number of hydrogen-bond acceptors (Lipinski definition) is 3. The van der Waals surface area contributed by atoms with E-state index in [-0.39, 0.29) is 17.6 Å². The lowest BCUT2D eigenvalue weighted by atomic mass is 9.93. The number of likely N-dealkylation sites (tertiary alicyclic amines) is 1. The van der Waals surface area contributed by atoms with Crippen molar-refractivity contribution in [2.24, 2.45) is 5.73 Å². The van der Waals surface area contributed by atoms with Gasteiger partial charge in [0.1, 0.15) is 0 Å². The Morgan fingerprint density at radius 1 is 1.50 bits per heavy atom. The maximum atomic E-state index is 11.6. The zero-order chi connectivity index (χ0) is 10.8. The summed E-state index contributed by atoms with van der Waals surface area (Å²) in [5.41, 5.74) is 5.48. The molecule has 82 valence electrons. The number of carbonyl (C=O) groups is 1. The molecule has 4 nitrogen and oxygen atoms in total. The average Bonchev–Trinajstić information content (AvgIpc) is 2.18. The smallest absolute Gasteiger partial charge is 0.239 e. The molecule has 0 aliphatic carbocycles. The van der Waals surface area contributed by atoms with Gasteiger partial charge < -0.3 is 15.4 Å². The van der Waals surface area contributed by atoms with Crippen molar-refractivity contribution in [2.75, 3.05) is 20.2 Å². The van der Waals surface area contributed by atoms with Crippen LogP contribution >= 0.6 is 0 Å². The van der Waals surface area contributed by atoms with Crippen molar-refractivity contribution < 1.29 is 9.53 Å². The Kier molecular flexibility index (Phi) is 3.50. The SMILES string of the molecule is COC1(C)CCN(C(=O)[C@H](C)N)CC1. The van der Waals surface area contributed by atoms with Crippen LogP contribution in [0.3, 0.4) is 0 Å². The van der Waals surface area contributed by atoms with Gasteiger partial charge in [-0.05, 0) is 26.7 Å². The summed E-state index contributed by atoms with van der Waals surface area (Å²) in [6, 6.07) is -0.387. The molecule has 1 aliphatic rings. The largest absolute Gasteiger partial charge is 0.378 e. The quantitative estimate of drug-likeness (QED) is 0.700. The van der Waals surface area contributed by atoms with Crippen LogP contribution in [0.5, 0.6) is 0 Å². The average molecular weight is 200 g/mol. The van der Waals surface area contributed by atoms with E-state index in [2.05, 4.69) is 6.92 Å². The summed E-state index contributed by atoms with van der Waals surface area (Å²) < 4.78 is 5.40. The van der Waals surface area contributed by atoms with Gasteiger partial charge in [0, 0.05) is 20.2 Å². The molecule has 1 heterocycles. The van der Waals surface area contributed by atoms with Crippen LogP contribution in [0.25, 0.3) is 0 Å². The number of nitrogens with two attached hydrogens (primary N) is 1. The van der Waals surface area contributed by atoms with E-state index in [1.54, 1.807) is 14.0 Å². The monoisotopic (exact) mass is 200 g/mol. The van der Waals surface area contributed by atoms with Crippen LogP contribution in [0.4, 0.5) is 0 Å². The Hall–Kier alpha value is -0.610. The predicted molar refractivity (Wildman–Crippen MR) is 54.9 cm³/mol. The van der Waals surface area contributed by atoms with Gasteiger partial charge in [0.2, 0.25) is 5.91 Å². The molecule has 14 heavy (non-hydrogen) atoms. The summed E-state index contributed by atoms with van der Waals surface area (Å²) in [5.74, 6) is 0.0446. The molecule has 0 aromatic heterocycles. The molecule has 1 fully saturated rings. The van der Waals surface area contributed by atoms with Crippen LogP contribution in [0, 0.1) is 0 Å². The first-order valence-corrected chi connectivity index (χ1v) is 5.08. The summed E-state index contributed by atoms with van der Waals surface area (Å²) in [5, 5.41) is 0. The molecular weight excluding hydrogens is 180 g/mol. The number of ether oxygens (including phenoxy) is 1. The number of amides is 1. The normalized spacial score (nSPS) is 23.3. The Labute approximate surface area is 85.4 Å². The van der Waals surface area contributed by atoms with Gasteiger partial charge >= 0.3 is 0 Å². The molecule has 1 saturated heterocycles. The van der Waals surface area contributed by atoms with Crippen molar-refractivity contribution in [3.8, 4) is 0 Å². The minimum Gasteiger partial charge on any atom is -0.378 e. The molecule has 1 amide bonds. The number of hydrogen-bond donors (Lipinski definition) is 1. The lowest BCUT2D eigenvalue weighted by Crippen LogP contribution is -2.50. The summed E-state index contributed by atoms with van der Waals surface area (Å²) in [7, 11) is 1.73. The molecule has 0 spiro atoms. The highest BCUT2D eigenvalue weighted by atomic mass is 16.5. The van der Waals surface area contributed by atoms with Crippen LogP contribution in [0.2, 0.25) is 0 Å². The van der Waals surface area contributed by atoms with Crippen molar-refractivity contribution in [1.29, 1.82) is 0 Å². The first kappa shape index (κ1) is 11.5. The molecule has 1 atom stereocenters. The second-order valence-corrected chi connectivity index (χ2v) is 4.27. The minimum absolute atomic E-state index is 0.0446. The van der Waals surface area contributed by atoms with E-state index in [1.807, 2.05) is 4.90 Å². The molecule has 2 N–H and O–H groups in total. The van der Waals surface area contributed by atoms with E-state index in [0.717, 1.165) is 25.9 Å². The topological polar surface area (TPSA) is 55.6 Å². The molecule has 0 bridgehead atoms. The van der Waals surface area contributed by atoms with Crippen LogP contribution in [0.1, 0.15) is 26.7 Å². The fourth-order valence-corrected chi connectivity index (χ4v) is 1.69. The fourth-order valence-electron chi connectivity index (χ4n) is 1.69. The summed E-state index contributed by atoms with van der Waals surface area (Å²) in [6.07, 6.45) is 1.78. The third kappa shape index (κ3) is 2.45. The highest BCUT2D eigenvalue weighted by molar-refractivity contribution is 5.81. The van der Waals surface area contributed by atoms with Gasteiger partial charge in [-0.25, -0.2) is 0 Å². The Morgan fingerprint density at radius 2 is 2.00 bits per heavy atom. The third-order valence-electron chi connectivity index (χ3n) is 3.02. The van der Waals surface area contributed by atoms with Crippen LogP contribution in [0.15, 0.2) is 0 Å². The van der Waals surface area contributed by atoms with Gasteiger partial charge in [0.25, 0.3) is 0 Å². The highest BCUT2D eigenvalue weighted by Gasteiger charge is 2.32. The maximum absolute atomic E-state index is 11.6. The van der Waals surface area contributed by atoms with E-state index in [9.17, 15) is 4.79 Å². The second kappa shape index (κ2) is 4.28. The number of nitrogens with zero attached hydrogens (tertiary/aromatic N) is 1. The zero-order valence-corrected chi connectivity index (χ0v) is 9.25. The number of carbonyl (C=O) groups excluding carboxylic acids is 1. The van der Waals surface area contributed by atoms with Gasteiger partial charge in [-0.1, -0.05) is 0 Å². The lowest BCUT2D eigenvalue weighted by Gasteiger charge is -2.38. The Morgan fingerprint density at radius 3 is 2.36 bits per heavy atom. The molecule has 0 aromatic rings. The van der Waals surface area contributed by atoms with Crippen LogP contribution < -0.4 is 5.73 Å². The fraction of sp³-hybridized carbons (Fsp3) is 0.900. The number of methoxy groups -OCH3 is 1. The number of piperidine rings is 1. The standard InChI is InChI=1S/C10H20N2O2/c1-8(11)9(13)12-6-4-10(2,14-3)5-7-12/h8H,4-7,11H2,1-3H3/t8-/m0/s1. The maximum Gasteiger partial charge on any atom is 0.239 e. The van der Waals surface area contributed by atoms with Gasteiger partial charge in [0.15, 0.2) is 0 Å². The van der Waals surface area contributed by atoms with Crippen LogP contribution in [-0.2, 0) is 9.53 Å². The molecule has 4 heteroatoms. The van der Waals surface area contributed by atoms with E-state index in [0.29, 0.717) is 0 Å². The van der Waals surface area contributed by atoms with Crippen molar-refractivity contribution in [2.45, 2.75) is 38.3 Å². The summed E-state index contributed by atoms with van der Waals surface area (Å²) in [4.78, 5) is 13.4. The third-order valence-corrected chi connectivity index (χ3v) is 3.02. The first-order valence-electron chi connectivity index (χ1n) is 5.08. The van der Waals surface area contributed by atoms with Crippen molar-refractivity contribution in [1.82, 2.24) is 4.90 Å². The van der Waals surface area contributed by atoms with Gasteiger partial charge in [0.05, 0.1) is 11.6 Å². The molecule has 0 saturated carbocycles. The van der Waals surface area contributed by atoms with E-state index in [1.165, 1.54) is 0 Å². The molecule has 1 rings (SSSR count). The molecule has 1 aliphatic heterocycles. The van der Waals surface area contributed by atoms with Gasteiger partial charge in [-0.15, -0.1) is 0 Å². The molecule has 0 aromatic carbocycles. The summed E-state index contributed by atoms with van der Waals surface area (Å²) >= 11 is 0. The minimum atomic E-state index is -0.387. The summed E-state index contributed by atoms with van der Waals surface area (Å²) in [6.45, 7) is 5.32. The van der Waals surface area contributed by atoms with Crippen LogP contribution in [-0.4, -0.2) is 42.6 Å². The second-order valence-electron chi connectivity index (χ2n) is 4.27. The van der Waals surface area contributed by atoms with Crippen molar-refractivity contribution in [3.05, 3.63) is 0 Å². The van der Waals surface area contributed by atoms with Gasteiger partial charge in [-0.3, -0.25) is 4.79 Å². The highest BCUT2D eigenvalue weighted by Crippen LogP contribution is 2.24. The van der Waals surface area contributed by atoms with E-state index >= 15 is 0 Å². The zero-order valence-electron chi connectivity index (χ0n) is 9.25.